The van der Waals surface area contributed by atoms with E-state index in [1.54, 1.807) is 0 Å². The van der Waals surface area contributed by atoms with E-state index in [4.69, 9.17) is 0 Å². The van der Waals surface area contributed by atoms with Crippen molar-refractivity contribution < 1.29 is 4.57 Å². The fourth-order valence-corrected chi connectivity index (χ4v) is 8.16. The van der Waals surface area contributed by atoms with Crippen molar-refractivity contribution in [2.75, 3.05) is 0 Å². The van der Waals surface area contributed by atoms with Gasteiger partial charge in [0, 0.05) is 16.8 Å². The first kappa shape index (κ1) is 24.2. The molecule has 0 amide bonds. The van der Waals surface area contributed by atoms with Crippen molar-refractivity contribution in [2.45, 2.75) is 72.6 Å². The van der Waals surface area contributed by atoms with Crippen LogP contribution < -0.4 is 4.57 Å². The largest absolute Gasteiger partial charge is 0.307 e. The number of rotatable bonds is 2. The molecule has 1 aliphatic rings. The molecule has 8 rings (SSSR count). The highest BCUT2D eigenvalue weighted by molar-refractivity contribution is 6.28. The topological polar surface area (TPSA) is 8.29 Å². The fraction of sp³-hybridized carbons (Fsp3) is 0.342. The maximum absolute atomic E-state index is 2.65. The summed E-state index contributed by atoms with van der Waals surface area (Å²) < 4.78 is 5.02. The van der Waals surface area contributed by atoms with Gasteiger partial charge in [0.25, 0.3) is 0 Å². The van der Waals surface area contributed by atoms with Gasteiger partial charge in [-0.1, -0.05) is 76.1 Å². The molecule has 0 aliphatic heterocycles. The van der Waals surface area contributed by atoms with Crippen LogP contribution in [0.1, 0.15) is 74.6 Å². The Labute approximate surface area is 236 Å². The van der Waals surface area contributed by atoms with Gasteiger partial charge in [-0.2, -0.15) is 0 Å². The van der Waals surface area contributed by atoms with E-state index in [2.05, 4.69) is 111 Å². The van der Waals surface area contributed by atoms with Crippen molar-refractivity contribution in [2.24, 2.45) is 12.5 Å². The lowest BCUT2D eigenvalue weighted by Gasteiger charge is -2.20. The molecule has 0 N–H and O–H groups in total. The van der Waals surface area contributed by atoms with Crippen molar-refractivity contribution in [1.82, 2.24) is 4.40 Å². The maximum atomic E-state index is 2.65. The van der Waals surface area contributed by atoms with Crippen LogP contribution in [0.2, 0.25) is 0 Å². The van der Waals surface area contributed by atoms with Crippen LogP contribution in [0.15, 0.2) is 60.8 Å². The molecule has 1 aliphatic carbocycles. The highest BCUT2D eigenvalue weighted by Crippen LogP contribution is 2.45. The molecule has 0 saturated heterocycles. The summed E-state index contributed by atoms with van der Waals surface area (Å²) in [5.41, 5.74) is 11.5. The van der Waals surface area contributed by atoms with E-state index in [0.29, 0.717) is 5.92 Å². The molecule has 1 saturated carbocycles. The Morgan fingerprint density at radius 3 is 2.30 bits per heavy atom. The second-order valence-electron chi connectivity index (χ2n) is 13.9. The van der Waals surface area contributed by atoms with Crippen LogP contribution in [0.5, 0.6) is 0 Å². The molecule has 0 atom stereocenters. The Morgan fingerprint density at radius 1 is 0.775 bits per heavy atom. The first-order valence-corrected chi connectivity index (χ1v) is 15.2. The predicted molar refractivity (Wildman–Crippen MR) is 171 cm³/mol. The second-order valence-corrected chi connectivity index (χ2v) is 13.9. The van der Waals surface area contributed by atoms with Crippen molar-refractivity contribution >= 4 is 59.8 Å². The summed E-state index contributed by atoms with van der Waals surface area (Å²) in [7, 11) is 2.23. The van der Waals surface area contributed by atoms with Crippen molar-refractivity contribution in [3.63, 3.8) is 0 Å². The van der Waals surface area contributed by atoms with Crippen LogP contribution >= 0.6 is 0 Å². The molecular formula is C38H39N2+. The van der Waals surface area contributed by atoms with E-state index < -0.39 is 0 Å². The third-order valence-electron chi connectivity index (χ3n) is 9.93. The van der Waals surface area contributed by atoms with Gasteiger partial charge in [0.05, 0.1) is 27.3 Å². The zero-order valence-corrected chi connectivity index (χ0v) is 24.8. The van der Waals surface area contributed by atoms with Gasteiger partial charge < -0.3 is 4.40 Å². The number of aromatic nitrogens is 2. The molecule has 3 aromatic heterocycles. The minimum Gasteiger partial charge on any atom is -0.307 e. The summed E-state index contributed by atoms with van der Waals surface area (Å²) in [6.45, 7) is 11.7. The maximum Gasteiger partial charge on any atom is 0.224 e. The quantitative estimate of drug-likeness (QED) is 0.121. The first-order valence-electron chi connectivity index (χ1n) is 15.2. The van der Waals surface area contributed by atoms with Gasteiger partial charge >= 0.3 is 0 Å². The standard InChI is InChI=1S/C38H39N2/c1-22-31-19-24(21-38(3,4)5)11-14-28(31)23(2)35-33(22)37-34-26(17-18-39(37)6)12-16-30-29-15-13-27(25-9-7-8-10-25)20-32(29)40(35)36(30)34/h11-20,25H,7-10,21H2,1-6H3/q+1. The molecule has 2 nitrogen and oxygen atoms in total. The van der Waals surface area contributed by atoms with Crippen molar-refractivity contribution in [1.29, 1.82) is 0 Å². The molecule has 40 heavy (non-hydrogen) atoms. The SMILES string of the molecule is Cc1c2cc(CC(C)(C)C)ccc2c(C)c2c1c1c3c(ccc4c5ccc(C6CCCC6)cc5n2c43)cc[n+]1C. The predicted octanol–water partition coefficient (Wildman–Crippen LogP) is 9.83. The smallest absolute Gasteiger partial charge is 0.224 e. The summed E-state index contributed by atoms with van der Waals surface area (Å²) >= 11 is 0. The van der Waals surface area contributed by atoms with Crippen LogP contribution in [-0.2, 0) is 13.5 Å². The minimum absolute atomic E-state index is 0.258. The molecule has 0 radical (unpaired) electrons. The minimum atomic E-state index is 0.258. The molecule has 0 bridgehead atoms. The number of benzene rings is 4. The summed E-state index contributed by atoms with van der Waals surface area (Å²) in [5.74, 6) is 0.698. The molecule has 1 fully saturated rings. The molecule has 4 aromatic carbocycles. The van der Waals surface area contributed by atoms with E-state index in [1.165, 1.54) is 108 Å². The summed E-state index contributed by atoms with van der Waals surface area (Å²) in [6.07, 6.45) is 8.70. The van der Waals surface area contributed by atoms with Crippen LogP contribution in [0.4, 0.5) is 0 Å². The van der Waals surface area contributed by atoms with Gasteiger partial charge in [0.2, 0.25) is 5.52 Å². The monoisotopic (exact) mass is 523 g/mol. The van der Waals surface area contributed by atoms with E-state index in [1.807, 2.05) is 0 Å². The highest BCUT2D eigenvalue weighted by Gasteiger charge is 2.27. The Bertz CT molecular complexity index is 2150. The summed E-state index contributed by atoms with van der Waals surface area (Å²) in [4.78, 5) is 0. The molecule has 3 heterocycles. The van der Waals surface area contributed by atoms with Gasteiger partial charge in [-0.3, -0.25) is 0 Å². The van der Waals surface area contributed by atoms with Gasteiger partial charge in [-0.05, 0) is 88.9 Å². The van der Waals surface area contributed by atoms with Crippen molar-refractivity contribution in [3.8, 4) is 0 Å². The van der Waals surface area contributed by atoms with Gasteiger partial charge in [0.15, 0.2) is 6.20 Å². The molecule has 0 spiro atoms. The molecule has 0 unspecified atom stereocenters. The zero-order valence-electron chi connectivity index (χ0n) is 24.8. The number of nitrogens with zero attached hydrogens (tertiary/aromatic N) is 2. The van der Waals surface area contributed by atoms with E-state index in [0.717, 1.165) is 6.42 Å². The molecular weight excluding hydrogens is 484 g/mol. The number of hydrogen-bond donors (Lipinski definition) is 0. The lowest BCUT2D eigenvalue weighted by atomic mass is 9.86. The van der Waals surface area contributed by atoms with Crippen LogP contribution in [0.25, 0.3) is 59.8 Å². The van der Waals surface area contributed by atoms with Gasteiger partial charge in [0.1, 0.15) is 7.05 Å². The summed E-state index contributed by atoms with van der Waals surface area (Å²) in [5, 5.41) is 9.64. The molecule has 200 valence electrons. The van der Waals surface area contributed by atoms with E-state index in [-0.39, 0.29) is 5.41 Å². The first-order chi connectivity index (χ1) is 19.2. The normalized spacial score (nSPS) is 15.3. The average Bonchev–Trinajstić information content (AvgIpc) is 3.57. The fourth-order valence-electron chi connectivity index (χ4n) is 8.16. The Kier molecular flexibility index (Phi) is 4.95. The highest BCUT2D eigenvalue weighted by atomic mass is 15.0. The second kappa shape index (κ2) is 8.19. The lowest BCUT2D eigenvalue weighted by Crippen LogP contribution is -2.29. The van der Waals surface area contributed by atoms with Gasteiger partial charge in [-0.25, -0.2) is 4.57 Å². The zero-order chi connectivity index (χ0) is 27.5. The van der Waals surface area contributed by atoms with E-state index in [9.17, 15) is 0 Å². The number of pyridine rings is 2. The van der Waals surface area contributed by atoms with Crippen LogP contribution in [0.3, 0.4) is 0 Å². The summed E-state index contributed by atoms with van der Waals surface area (Å²) in [6, 6.07) is 21.6. The van der Waals surface area contributed by atoms with Crippen molar-refractivity contribution in [3.05, 3.63) is 83.0 Å². The number of fused-ring (bicyclic) bond motifs is 7. The molecule has 2 heteroatoms. The Balaban J connectivity index is 1.61. The number of hydrogen-bond acceptors (Lipinski definition) is 0. The average molecular weight is 524 g/mol. The molecule has 7 aromatic rings. The van der Waals surface area contributed by atoms with E-state index >= 15 is 0 Å². The lowest BCUT2D eigenvalue weighted by molar-refractivity contribution is -0.643. The van der Waals surface area contributed by atoms with Crippen LogP contribution in [-0.4, -0.2) is 4.40 Å². The Hall–Kier alpha value is -3.65. The number of aryl methyl sites for hydroxylation is 3. The van der Waals surface area contributed by atoms with Gasteiger partial charge in [-0.15, -0.1) is 0 Å². The third-order valence-corrected chi connectivity index (χ3v) is 9.93. The Morgan fingerprint density at radius 2 is 1.52 bits per heavy atom. The van der Waals surface area contributed by atoms with Crippen LogP contribution in [0, 0.1) is 19.3 Å². The third kappa shape index (κ3) is 3.25.